The largest absolute Gasteiger partial charge is 0.354 e. The molecule has 26 heavy (non-hydrogen) atoms. The van der Waals surface area contributed by atoms with Crippen LogP contribution in [-0.2, 0) is 11.3 Å². The van der Waals surface area contributed by atoms with Crippen LogP contribution in [0.2, 0.25) is 0 Å². The van der Waals surface area contributed by atoms with Crippen LogP contribution >= 0.6 is 11.3 Å². The van der Waals surface area contributed by atoms with Crippen LogP contribution in [0.25, 0.3) is 10.9 Å². The minimum atomic E-state index is -0.229. The standard InChI is InChI=1S/C18H21N5O2S/c1-22(2)16(13-8-10-26-12-13)11-19-17(24)7-9-23-18(25)14-5-3-4-6-15(14)20-21-23/h3-6,8,10,12,16H,7,9,11H2,1-2H3,(H,19,24). The van der Waals surface area contributed by atoms with Crippen molar-refractivity contribution in [3.63, 3.8) is 0 Å². The van der Waals surface area contributed by atoms with E-state index < -0.39 is 0 Å². The van der Waals surface area contributed by atoms with Gasteiger partial charge in [-0.05, 0) is 48.6 Å². The van der Waals surface area contributed by atoms with Crippen LogP contribution in [0.4, 0.5) is 0 Å². The molecule has 2 aromatic heterocycles. The molecule has 8 heteroatoms. The van der Waals surface area contributed by atoms with E-state index in [1.54, 1.807) is 29.5 Å². The Balaban J connectivity index is 1.59. The first-order chi connectivity index (χ1) is 12.6. The van der Waals surface area contributed by atoms with Crippen LogP contribution in [-0.4, -0.2) is 46.4 Å². The highest BCUT2D eigenvalue weighted by atomic mass is 32.1. The Bertz CT molecular complexity index is 936. The molecule has 1 aromatic carbocycles. The van der Waals surface area contributed by atoms with E-state index in [-0.39, 0.29) is 30.5 Å². The number of aryl methyl sites for hydroxylation is 1. The maximum atomic E-state index is 12.4. The summed E-state index contributed by atoms with van der Waals surface area (Å²) < 4.78 is 1.24. The zero-order valence-corrected chi connectivity index (χ0v) is 15.6. The van der Waals surface area contributed by atoms with Gasteiger partial charge in [-0.2, -0.15) is 11.3 Å². The fourth-order valence-corrected chi connectivity index (χ4v) is 3.45. The molecule has 7 nitrogen and oxygen atoms in total. The number of rotatable bonds is 7. The Kier molecular flexibility index (Phi) is 5.75. The summed E-state index contributed by atoms with van der Waals surface area (Å²) >= 11 is 1.64. The van der Waals surface area contributed by atoms with E-state index in [0.717, 1.165) is 0 Å². The van der Waals surface area contributed by atoms with E-state index in [1.807, 2.05) is 25.5 Å². The molecule has 0 aliphatic heterocycles. The molecule has 0 aliphatic carbocycles. The Labute approximate surface area is 155 Å². The maximum absolute atomic E-state index is 12.4. The van der Waals surface area contributed by atoms with Crippen molar-refractivity contribution in [2.75, 3.05) is 20.6 Å². The molecule has 3 aromatic rings. The molecule has 136 valence electrons. The first kappa shape index (κ1) is 18.2. The van der Waals surface area contributed by atoms with Gasteiger partial charge in [0, 0.05) is 13.0 Å². The van der Waals surface area contributed by atoms with Gasteiger partial charge in [0.15, 0.2) is 0 Å². The van der Waals surface area contributed by atoms with Gasteiger partial charge >= 0.3 is 0 Å². The molecular weight excluding hydrogens is 350 g/mol. The van der Waals surface area contributed by atoms with Gasteiger partial charge in [0.2, 0.25) is 5.91 Å². The number of fused-ring (bicyclic) bond motifs is 1. The summed E-state index contributed by atoms with van der Waals surface area (Å²) in [6.45, 7) is 0.717. The van der Waals surface area contributed by atoms with Crippen molar-refractivity contribution in [2.45, 2.75) is 19.0 Å². The number of carbonyl (C=O) groups excluding carboxylic acids is 1. The van der Waals surface area contributed by atoms with Crippen molar-refractivity contribution in [3.05, 3.63) is 57.0 Å². The van der Waals surface area contributed by atoms with E-state index in [0.29, 0.717) is 17.4 Å². The number of hydrogen-bond donors (Lipinski definition) is 1. The quantitative estimate of drug-likeness (QED) is 0.683. The number of amides is 1. The predicted octanol–water partition coefficient (Wildman–Crippen LogP) is 1.66. The highest BCUT2D eigenvalue weighted by Crippen LogP contribution is 2.19. The molecule has 0 saturated carbocycles. The molecule has 0 bridgehead atoms. The fourth-order valence-electron chi connectivity index (χ4n) is 2.74. The van der Waals surface area contributed by atoms with Crippen LogP contribution in [0.5, 0.6) is 0 Å². The van der Waals surface area contributed by atoms with Crippen molar-refractivity contribution in [3.8, 4) is 0 Å². The van der Waals surface area contributed by atoms with Crippen LogP contribution in [0.15, 0.2) is 45.9 Å². The molecule has 0 fully saturated rings. The minimum absolute atomic E-state index is 0.117. The van der Waals surface area contributed by atoms with E-state index in [1.165, 1.54) is 10.2 Å². The molecule has 1 amide bonds. The lowest BCUT2D eigenvalue weighted by Gasteiger charge is -2.24. The van der Waals surface area contributed by atoms with Crippen LogP contribution < -0.4 is 10.9 Å². The summed E-state index contributed by atoms with van der Waals surface area (Å²) in [6, 6.07) is 9.23. The minimum Gasteiger partial charge on any atom is -0.354 e. The number of likely N-dealkylation sites (N-methyl/N-ethyl adjacent to an activating group) is 1. The molecule has 1 N–H and O–H groups in total. The third kappa shape index (κ3) is 4.14. The second kappa shape index (κ2) is 8.20. The lowest BCUT2D eigenvalue weighted by molar-refractivity contribution is -0.121. The molecular formula is C18H21N5O2S. The number of nitrogens with zero attached hydrogens (tertiary/aromatic N) is 4. The number of nitrogens with one attached hydrogen (secondary N) is 1. The van der Waals surface area contributed by atoms with Crippen LogP contribution in [0, 0.1) is 0 Å². The average Bonchev–Trinajstić information content (AvgIpc) is 3.15. The van der Waals surface area contributed by atoms with E-state index in [2.05, 4.69) is 32.0 Å². The van der Waals surface area contributed by atoms with E-state index in [9.17, 15) is 9.59 Å². The second-order valence-corrected chi connectivity index (χ2v) is 7.01. The third-order valence-electron chi connectivity index (χ3n) is 4.22. The van der Waals surface area contributed by atoms with Gasteiger partial charge in [-0.3, -0.25) is 9.59 Å². The molecule has 0 radical (unpaired) electrons. The fraction of sp³-hybridized carbons (Fsp3) is 0.333. The topological polar surface area (TPSA) is 80.1 Å². The Hall–Kier alpha value is -2.58. The van der Waals surface area contributed by atoms with Gasteiger partial charge in [-0.15, -0.1) is 5.10 Å². The molecule has 3 rings (SSSR count). The monoisotopic (exact) mass is 371 g/mol. The number of benzene rings is 1. The van der Waals surface area contributed by atoms with Crippen molar-refractivity contribution >= 4 is 28.1 Å². The highest BCUT2D eigenvalue weighted by molar-refractivity contribution is 7.07. The third-order valence-corrected chi connectivity index (χ3v) is 4.93. The van der Waals surface area contributed by atoms with Crippen molar-refractivity contribution in [1.29, 1.82) is 0 Å². The molecule has 0 aliphatic rings. The summed E-state index contributed by atoms with van der Waals surface area (Å²) in [7, 11) is 3.97. The van der Waals surface area contributed by atoms with E-state index in [4.69, 9.17) is 0 Å². The lowest BCUT2D eigenvalue weighted by atomic mass is 10.1. The predicted molar refractivity (Wildman–Crippen MR) is 102 cm³/mol. The molecule has 0 saturated heterocycles. The zero-order chi connectivity index (χ0) is 18.5. The van der Waals surface area contributed by atoms with Crippen molar-refractivity contribution in [2.24, 2.45) is 0 Å². The summed E-state index contributed by atoms with van der Waals surface area (Å²) in [5.41, 5.74) is 1.51. The summed E-state index contributed by atoms with van der Waals surface area (Å²) in [5, 5.41) is 15.5. The first-order valence-corrected chi connectivity index (χ1v) is 9.28. The van der Waals surface area contributed by atoms with E-state index >= 15 is 0 Å². The first-order valence-electron chi connectivity index (χ1n) is 8.34. The smallest absolute Gasteiger partial charge is 0.277 e. The van der Waals surface area contributed by atoms with Gasteiger partial charge in [0.1, 0.15) is 5.52 Å². The van der Waals surface area contributed by atoms with Gasteiger partial charge in [0.25, 0.3) is 5.56 Å². The average molecular weight is 371 g/mol. The molecule has 1 unspecified atom stereocenters. The van der Waals surface area contributed by atoms with Gasteiger partial charge in [-0.1, -0.05) is 17.3 Å². The number of thiophene rings is 1. The number of aromatic nitrogens is 3. The zero-order valence-electron chi connectivity index (χ0n) is 14.8. The SMILES string of the molecule is CN(C)C(CNC(=O)CCn1nnc2ccccc2c1=O)c1ccsc1. The maximum Gasteiger partial charge on any atom is 0.277 e. The van der Waals surface area contributed by atoms with Gasteiger partial charge < -0.3 is 10.2 Å². The number of hydrogen-bond acceptors (Lipinski definition) is 6. The Morgan fingerprint density at radius 1 is 1.31 bits per heavy atom. The lowest BCUT2D eigenvalue weighted by Crippen LogP contribution is -2.35. The number of carbonyl (C=O) groups is 1. The van der Waals surface area contributed by atoms with Crippen LogP contribution in [0.3, 0.4) is 0 Å². The van der Waals surface area contributed by atoms with Crippen molar-refractivity contribution < 1.29 is 4.79 Å². The summed E-state index contributed by atoms with van der Waals surface area (Å²) in [6.07, 6.45) is 0.177. The Morgan fingerprint density at radius 2 is 2.12 bits per heavy atom. The van der Waals surface area contributed by atoms with Gasteiger partial charge in [-0.25, -0.2) is 4.68 Å². The second-order valence-electron chi connectivity index (χ2n) is 6.23. The molecule has 2 heterocycles. The molecule has 0 spiro atoms. The molecule has 1 atom stereocenters. The summed E-state index contributed by atoms with van der Waals surface area (Å²) in [5.74, 6) is -0.117. The highest BCUT2D eigenvalue weighted by Gasteiger charge is 2.16. The van der Waals surface area contributed by atoms with Gasteiger partial charge in [0.05, 0.1) is 18.0 Å². The van der Waals surface area contributed by atoms with Crippen LogP contribution in [0.1, 0.15) is 18.0 Å². The summed E-state index contributed by atoms with van der Waals surface area (Å²) in [4.78, 5) is 26.6. The normalized spacial score (nSPS) is 12.4. The Morgan fingerprint density at radius 3 is 2.85 bits per heavy atom. The van der Waals surface area contributed by atoms with Crippen molar-refractivity contribution in [1.82, 2.24) is 25.2 Å².